The molecule has 0 saturated carbocycles. The van der Waals surface area contributed by atoms with Gasteiger partial charge in [-0.25, -0.2) is 4.79 Å². The van der Waals surface area contributed by atoms with Crippen LogP contribution in [0.4, 0.5) is 0 Å². The molecular weight excluding hydrogens is 252 g/mol. The minimum Gasteiger partial charge on any atom is -0.497 e. The van der Waals surface area contributed by atoms with Gasteiger partial charge in [0.15, 0.2) is 0 Å². The second kappa shape index (κ2) is 5.52. The molecule has 0 spiro atoms. The molecule has 4 nitrogen and oxygen atoms in total. The normalized spacial score (nSPS) is 17.3. The van der Waals surface area contributed by atoms with Crippen molar-refractivity contribution in [3.8, 4) is 11.5 Å². The number of carbonyl (C=O) groups is 1. The van der Waals surface area contributed by atoms with Crippen LogP contribution in [0.5, 0.6) is 11.5 Å². The summed E-state index contributed by atoms with van der Waals surface area (Å²) in [5.74, 6) is 1.83. The van der Waals surface area contributed by atoms with Gasteiger partial charge in [-0.3, -0.25) is 0 Å². The number of fused-ring (bicyclic) bond motifs is 1. The van der Waals surface area contributed by atoms with Gasteiger partial charge in [-0.15, -0.1) is 0 Å². The highest BCUT2D eigenvalue weighted by molar-refractivity contribution is 7.98. The summed E-state index contributed by atoms with van der Waals surface area (Å²) in [7, 11) is 3.13. The van der Waals surface area contributed by atoms with E-state index in [9.17, 15) is 4.79 Å². The summed E-state index contributed by atoms with van der Waals surface area (Å²) in [4.78, 5) is 11.9. The van der Waals surface area contributed by atoms with Crippen molar-refractivity contribution in [2.45, 2.75) is 12.5 Å². The lowest BCUT2D eigenvalue weighted by Crippen LogP contribution is -2.00. The van der Waals surface area contributed by atoms with Crippen molar-refractivity contribution in [2.75, 3.05) is 26.2 Å². The molecule has 1 heterocycles. The number of ether oxygens (including phenoxy) is 3. The van der Waals surface area contributed by atoms with Crippen LogP contribution in [0.1, 0.15) is 28.4 Å². The molecule has 0 aromatic heterocycles. The zero-order valence-electron chi connectivity index (χ0n) is 10.7. The van der Waals surface area contributed by atoms with Crippen molar-refractivity contribution >= 4 is 17.7 Å². The molecule has 18 heavy (non-hydrogen) atoms. The third-order valence-corrected chi connectivity index (χ3v) is 3.59. The Hall–Kier alpha value is -1.36. The van der Waals surface area contributed by atoms with Gasteiger partial charge < -0.3 is 14.2 Å². The smallest absolute Gasteiger partial charge is 0.342 e. The fourth-order valence-corrected chi connectivity index (χ4v) is 2.50. The first-order valence-corrected chi connectivity index (χ1v) is 7.06. The highest BCUT2D eigenvalue weighted by atomic mass is 32.2. The van der Waals surface area contributed by atoms with Crippen LogP contribution in [0.15, 0.2) is 12.1 Å². The van der Waals surface area contributed by atoms with Gasteiger partial charge in [0.2, 0.25) is 0 Å². The fourth-order valence-electron chi connectivity index (χ4n) is 2.05. The largest absolute Gasteiger partial charge is 0.497 e. The molecule has 1 aromatic rings. The number of thioether (sulfide) groups is 1. The predicted molar refractivity (Wildman–Crippen MR) is 70.7 cm³/mol. The van der Waals surface area contributed by atoms with Gasteiger partial charge in [0.05, 0.1) is 14.2 Å². The average Bonchev–Trinajstić information content (AvgIpc) is 2.72. The minimum atomic E-state index is -0.310. The van der Waals surface area contributed by atoms with Crippen molar-refractivity contribution in [2.24, 2.45) is 0 Å². The summed E-state index contributed by atoms with van der Waals surface area (Å²) >= 11 is 1.73. The van der Waals surface area contributed by atoms with Crippen LogP contribution in [-0.4, -0.2) is 32.2 Å². The number of hydrogen-bond donors (Lipinski definition) is 0. The first kappa shape index (κ1) is 13.1. The maximum Gasteiger partial charge on any atom is 0.342 e. The van der Waals surface area contributed by atoms with Gasteiger partial charge in [0, 0.05) is 11.6 Å². The summed E-state index contributed by atoms with van der Waals surface area (Å²) in [5, 5.41) is 0. The van der Waals surface area contributed by atoms with E-state index < -0.39 is 0 Å². The van der Waals surface area contributed by atoms with Gasteiger partial charge in [-0.05, 0) is 24.5 Å². The summed E-state index contributed by atoms with van der Waals surface area (Å²) in [6.45, 7) is 0. The standard InChI is InChI=1S/C13H16O4S/c1-15-8-6-9-10(4-5-18-3)17-13(14)12(9)11(7-8)16-2/h6-7,10H,4-5H2,1-3H3. The molecule has 1 atom stereocenters. The van der Waals surface area contributed by atoms with E-state index >= 15 is 0 Å². The Kier molecular flexibility index (Phi) is 4.01. The lowest BCUT2D eigenvalue weighted by Gasteiger charge is -2.11. The first-order valence-electron chi connectivity index (χ1n) is 5.67. The quantitative estimate of drug-likeness (QED) is 0.768. The number of rotatable bonds is 5. The summed E-state index contributed by atoms with van der Waals surface area (Å²) in [5.41, 5.74) is 1.40. The van der Waals surface area contributed by atoms with E-state index in [0.29, 0.717) is 17.1 Å². The van der Waals surface area contributed by atoms with E-state index in [1.807, 2.05) is 12.3 Å². The van der Waals surface area contributed by atoms with Gasteiger partial charge in [0.1, 0.15) is 23.2 Å². The number of benzene rings is 1. The van der Waals surface area contributed by atoms with Crippen LogP contribution < -0.4 is 9.47 Å². The number of hydrogen-bond acceptors (Lipinski definition) is 5. The molecule has 1 aliphatic rings. The van der Waals surface area contributed by atoms with Gasteiger partial charge >= 0.3 is 5.97 Å². The van der Waals surface area contributed by atoms with Crippen molar-refractivity contribution in [1.29, 1.82) is 0 Å². The molecule has 5 heteroatoms. The van der Waals surface area contributed by atoms with E-state index in [1.165, 1.54) is 7.11 Å². The van der Waals surface area contributed by atoms with E-state index in [0.717, 1.165) is 17.7 Å². The molecule has 1 aromatic carbocycles. The third-order valence-electron chi connectivity index (χ3n) is 2.95. The van der Waals surface area contributed by atoms with Crippen LogP contribution in [0.2, 0.25) is 0 Å². The highest BCUT2D eigenvalue weighted by Gasteiger charge is 2.34. The molecule has 1 aliphatic heterocycles. The van der Waals surface area contributed by atoms with Crippen molar-refractivity contribution < 1.29 is 19.0 Å². The summed E-state index contributed by atoms with van der Waals surface area (Å²) in [6, 6.07) is 3.56. The molecule has 0 amide bonds. The van der Waals surface area contributed by atoms with Crippen molar-refractivity contribution in [3.63, 3.8) is 0 Å². The molecular formula is C13H16O4S. The SMILES string of the molecule is COc1cc(OC)c2c(c1)C(CCSC)OC2=O. The third kappa shape index (κ3) is 2.27. The van der Waals surface area contributed by atoms with Crippen LogP contribution in [0.25, 0.3) is 0 Å². The van der Waals surface area contributed by atoms with Crippen LogP contribution >= 0.6 is 11.8 Å². The Morgan fingerprint density at radius 1 is 1.33 bits per heavy atom. The van der Waals surface area contributed by atoms with E-state index in [2.05, 4.69) is 0 Å². The second-order valence-electron chi connectivity index (χ2n) is 3.97. The Balaban J connectivity index is 2.41. The zero-order chi connectivity index (χ0) is 13.1. The van der Waals surface area contributed by atoms with E-state index in [1.54, 1.807) is 24.9 Å². The fraction of sp³-hybridized carbons (Fsp3) is 0.462. The van der Waals surface area contributed by atoms with Crippen LogP contribution in [0, 0.1) is 0 Å². The van der Waals surface area contributed by atoms with Gasteiger partial charge in [0.25, 0.3) is 0 Å². The molecule has 0 saturated heterocycles. The molecule has 0 aliphatic carbocycles. The molecule has 0 bridgehead atoms. The van der Waals surface area contributed by atoms with Crippen molar-refractivity contribution in [1.82, 2.24) is 0 Å². The number of methoxy groups -OCH3 is 2. The van der Waals surface area contributed by atoms with Gasteiger partial charge in [-0.2, -0.15) is 11.8 Å². The zero-order valence-corrected chi connectivity index (χ0v) is 11.5. The second-order valence-corrected chi connectivity index (χ2v) is 4.95. The van der Waals surface area contributed by atoms with Gasteiger partial charge in [-0.1, -0.05) is 0 Å². The van der Waals surface area contributed by atoms with Crippen molar-refractivity contribution in [3.05, 3.63) is 23.3 Å². The summed E-state index contributed by atoms with van der Waals surface area (Å²) in [6.07, 6.45) is 2.64. The molecule has 0 radical (unpaired) electrons. The van der Waals surface area contributed by atoms with Crippen LogP contribution in [-0.2, 0) is 4.74 Å². The molecule has 2 rings (SSSR count). The molecule has 0 N–H and O–H groups in total. The lowest BCUT2D eigenvalue weighted by atomic mass is 10.0. The molecule has 98 valence electrons. The Morgan fingerprint density at radius 3 is 2.72 bits per heavy atom. The highest BCUT2D eigenvalue weighted by Crippen LogP contribution is 2.41. The number of cyclic esters (lactones) is 1. The topological polar surface area (TPSA) is 44.8 Å². The van der Waals surface area contributed by atoms with Crippen LogP contribution in [0.3, 0.4) is 0 Å². The maximum atomic E-state index is 11.9. The lowest BCUT2D eigenvalue weighted by molar-refractivity contribution is 0.0379. The number of carbonyl (C=O) groups excluding carboxylic acids is 1. The number of esters is 1. The first-order chi connectivity index (χ1) is 8.71. The molecule has 0 fully saturated rings. The average molecular weight is 268 g/mol. The Labute approximate surface area is 111 Å². The predicted octanol–water partition coefficient (Wildman–Crippen LogP) is 2.67. The minimum absolute atomic E-state index is 0.191. The Morgan fingerprint density at radius 2 is 2.11 bits per heavy atom. The Bertz CT molecular complexity index is 459. The maximum absolute atomic E-state index is 11.9. The summed E-state index contributed by atoms with van der Waals surface area (Å²) < 4.78 is 15.8. The molecule has 1 unspecified atom stereocenters. The van der Waals surface area contributed by atoms with E-state index in [-0.39, 0.29) is 12.1 Å². The monoisotopic (exact) mass is 268 g/mol. The van der Waals surface area contributed by atoms with E-state index in [4.69, 9.17) is 14.2 Å².